The second-order valence-corrected chi connectivity index (χ2v) is 5.53. The van der Waals surface area contributed by atoms with Crippen LogP contribution in [-0.2, 0) is 6.54 Å². The highest BCUT2D eigenvalue weighted by molar-refractivity contribution is 14.0. The number of piperidine rings is 1. The van der Waals surface area contributed by atoms with E-state index in [1.54, 1.807) is 0 Å². The third-order valence-electron chi connectivity index (χ3n) is 3.75. The number of likely N-dealkylation sites (tertiary alicyclic amines) is 1. The molecule has 0 aromatic carbocycles. The zero-order chi connectivity index (χ0) is 13.8. The van der Waals surface area contributed by atoms with Crippen LogP contribution in [0, 0.1) is 19.8 Å². The summed E-state index contributed by atoms with van der Waals surface area (Å²) in [4.78, 5) is 6.76. The Morgan fingerprint density at radius 1 is 1.50 bits per heavy atom. The number of hydrogen-bond donors (Lipinski definition) is 1. The van der Waals surface area contributed by atoms with Crippen LogP contribution in [0.1, 0.15) is 36.8 Å². The molecular formula is C15H26IN3O. The van der Waals surface area contributed by atoms with Gasteiger partial charge in [-0.3, -0.25) is 4.99 Å². The molecule has 4 nitrogen and oxygen atoms in total. The number of aliphatic imine (C=N–C) groups is 1. The molecule has 0 spiro atoms. The lowest BCUT2D eigenvalue weighted by Gasteiger charge is -2.33. The molecule has 0 saturated carbocycles. The normalized spacial score (nSPS) is 19.7. The Kier molecular flexibility index (Phi) is 6.85. The third kappa shape index (κ3) is 4.40. The van der Waals surface area contributed by atoms with Crippen molar-refractivity contribution < 1.29 is 4.42 Å². The molecule has 2 rings (SSSR count). The van der Waals surface area contributed by atoms with Gasteiger partial charge in [-0.1, -0.05) is 6.92 Å². The molecule has 1 fully saturated rings. The SMILES string of the molecule is CN=C(NCc1cc(C)oc1C)N1CCCC(C)C1.I. The number of nitrogens with one attached hydrogen (secondary N) is 1. The molecule has 2 heterocycles. The average Bonchev–Trinajstić information content (AvgIpc) is 2.69. The number of halogens is 1. The van der Waals surface area contributed by atoms with E-state index in [2.05, 4.69) is 28.2 Å². The van der Waals surface area contributed by atoms with Crippen LogP contribution in [0.5, 0.6) is 0 Å². The second kappa shape index (κ2) is 7.90. The molecule has 114 valence electrons. The van der Waals surface area contributed by atoms with Gasteiger partial charge in [0.2, 0.25) is 0 Å². The van der Waals surface area contributed by atoms with Crippen molar-refractivity contribution in [1.29, 1.82) is 0 Å². The van der Waals surface area contributed by atoms with Gasteiger partial charge in [0.15, 0.2) is 5.96 Å². The monoisotopic (exact) mass is 391 g/mol. The van der Waals surface area contributed by atoms with Crippen LogP contribution < -0.4 is 5.32 Å². The first-order valence-electron chi connectivity index (χ1n) is 7.11. The van der Waals surface area contributed by atoms with Crippen LogP contribution in [0.2, 0.25) is 0 Å². The van der Waals surface area contributed by atoms with Gasteiger partial charge < -0.3 is 14.6 Å². The lowest BCUT2D eigenvalue weighted by molar-refractivity contribution is 0.266. The van der Waals surface area contributed by atoms with Gasteiger partial charge in [0, 0.05) is 32.2 Å². The Morgan fingerprint density at radius 2 is 2.25 bits per heavy atom. The Bertz CT molecular complexity index is 456. The van der Waals surface area contributed by atoms with Crippen molar-refractivity contribution in [2.45, 2.75) is 40.2 Å². The van der Waals surface area contributed by atoms with E-state index < -0.39 is 0 Å². The number of furan rings is 1. The summed E-state index contributed by atoms with van der Waals surface area (Å²) >= 11 is 0. The highest BCUT2D eigenvalue weighted by atomic mass is 127. The maximum Gasteiger partial charge on any atom is 0.193 e. The third-order valence-corrected chi connectivity index (χ3v) is 3.75. The van der Waals surface area contributed by atoms with Gasteiger partial charge in [-0.25, -0.2) is 0 Å². The fraction of sp³-hybridized carbons (Fsp3) is 0.667. The Balaban J connectivity index is 0.00000200. The molecular weight excluding hydrogens is 365 g/mol. The summed E-state index contributed by atoms with van der Waals surface area (Å²) in [6.45, 7) is 9.29. The van der Waals surface area contributed by atoms with Gasteiger partial charge in [-0.05, 0) is 38.7 Å². The van der Waals surface area contributed by atoms with Crippen LogP contribution in [0.4, 0.5) is 0 Å². The first-order chi connectivity index (χ1) is 9.10. The molecule has 1 aromatic rings. The molecule has 0 aliphatic carbocycles. The van der Waals surface area contributed by atoms with E-state index in [1.807, 2.05) is 20.9 Å². The van der Waals surface area contributed by atoms with Crippen LogP contribution >= 0.6 is 24.0 Å². The van der Waals surface area contributed by atoms with Gasteiger partial charge in [-0.2, -0.15) is 0 Å². The zero-order valence-electron chi connectivity index (χ0n) is 12.9. The Morgan fingerprint density at radius 3 is 2.80 bits per heavy atom. The van der Waals surface area contributed by atoms with Crippen molar-refractivity contribution in [2.24, 2.45) is 10.9 Å². The molecule has 1 aliphatic rings. The molecule has 0 amide bonds. The van der Waals surface area contributed by atoms with Crippen LogP contribution in [0.15, 0.2) is 15.5 Å². The first kappa shape index (κ1) is 17.3. The molecule has 1 saturated heterocycles. The number of hydrogen-bond acceptors (Lipinski definition) is 2. The van der Waals surface area contributed by atoms with Crippen LogP contribution in [-0.4, -0.2) is 31.0 Å². The Labute approximate surface area is 139 Å². The van der Waals surface area contributed by atoms with E-state index in [0.29, 0.717) is 0 Å². The van der Waals surface area contributed by atoms with E-state index in [-0.39, 0.29) is 24.0 Å². The number of guanidine groups is 1. The summed E-state index contributed by atoms with van der Waals surface area (Å²) in [7, 11) is 1.86. The molecule has 1 N–H and O–H groups in total. The number of nitrogens with zero attached hydrogens (tertiary/aromatic N) is 2. The summed E-state index contributed by atoms with van der Waals surface area (Å²) in [5, 5.41) is 3.45. The van der Waals surface area contributed by atoms with Gasteiger partial charge in [0.25, 0.3) is 0 Å². The van der Waals surface area contributed by atoms with Gasteiger partial charge in [0.1, 0.15) is 11.5 Å². The maximum absolute atomic E-state index is 5.55. The summed E-state index contributed by atoms with van der Waals surface area (Å²) < 4.78 is 5.55. The largest absolute Gasteiger partial charge is 0.466 e. The minimum atomic E-state index is 0. The van der Waals surface area contributed by atoms with Crippen molar-refractivity contribution >= 4 is 29.9 Å². The molecule has 0 radical (unpaired) electrons. The van der Waals surface area contributed by atoms with E-state index in [4.69, 9.17) is 4.42 Å². The molecule has 20 heavy (non-hydrogen) atoms. The van der Waals surface area contributed by atoms with Crippen LogP contribution in [0.3, 0.4) is 0 Å². The maximum atomic E-state index is 5.55. The predicted molar refractivity (Wildman–Crippen MR) is 93.8 cm³/mol. The lowest BCUT2D eigenvalue weighted by Crippen LogP contribution is -2.45. The standard InChI is InChI=1S/C15H25N3O.HI/c1-11-6-5-7-18(10-11)15(16-4)17-9-14-8-12(2)19-13(14)3;/h8,11H,5-7,9-10H2,1-4H3,(H,16,17);1H. The quantitative estimate of drug-likeness (QED) is 0.478. The highest BCUT2D eigenvalue weighted by Gasteiger charge is 2.19. The lowest BCUT2D eigenvalue weighted by atomic mass is 10.0. The number of rotatable bonds is 2. The Hall–Kier alpha value is -0.720. The molecule has 1 unspecified atom stereocenters. The van der Waals surface area contributed by atoms with Crippen molar-refractivity contribution in [3.8, 4) is 0 Å². The van der Waals surface area contributed by atoms with E-state index >= 15 is 0 Å². The van der Waals surface area contributed by atoms with Gasteiger partial charge in [0.05, 0.1) is 0 Å². The zero-order valence-corrected chi connectivity index (χ0v) is 15.2. The molecule has 5 heteroatoms. The first-order valence-corrected chi connectivity index (χ1v) is 7.11. The summed E-state index contributed by atoms with van der Waals surface area (Å²) in [6.07, 6.45) is 2.58. The minimum absolute atomic E-state index is 0. The van der Waals surface area contributed by atoms with Gasteiger partial charge in [-0.15, -0.1) is 24.0 Å². The molecule has 1 aliphatic heterocycles. The second-order valence-electron chi connectivity index (χ2n) is 5.53. The van der Waals surface area contributed by atoms with E-state index in [9.17, 15) is 0 Å². The highest BCUT2D eigenvalue weighted by Crippen LogP contribution is 2.16. The fourth-order valence-corrected chi connectivity index (χ4v) is 2.75. The summed E-state index contributed by atoms with van der Waals surface area (Å²) in [6, 6.07) is 2.09. The molecule has 1 aromatic heterocycles. The van der Waals surface area contributed by atoms with Crippen molar-refractivity contribution in [2.75, 3.05) is 20.1 Å². The summed E-state index contributed by atoms with van der Waals surface area (Å²) in [5.41, 5.74) is 1.21. The average molecular weight is 391 g/mol. The van der Waals surface area contributed by atoms with E-state index in [0.717, 1.165) is 43.0 Å². The van der Waals surface area contributed by atoms with Gasteiger partial charge >= 0.3 is 0 Å². The van der Waals surface area contributed by atoms with Crippen molar-refractivity contribution in [3.63, 3.8) is 0 Å². The van der Waals surface area contributed by atoms with E-state index in [1.165, 1.54) is 18.4 Å². The number of aryl methyl sites for hydroxylation is 2. The van der Waals surface area contributed by atoms with Crippen molar-refractivity contribution in [3.05, 3.63) is 23.2 Å². The van der Waals surface area contributed by atoms with Crippen LogP contribution in [0.25, 0.3) is 0 Å². The topological polar surface area (TPSA) is 40.8 Å². The predicted octanol–water partition coefficient (Wildman–Crippen LogP) is 3.32. The minimum Gasteiger partial charge on any atom is -0.466 e. The molecule has 1 atom stereocenters. The van der Waals surface area contributed by atoms with Crippen molar-refractivity contribution in [1.82, 2.24) is 10.2 Å². The smallest absolute Gasteiger partial charge is 0.193 e. The summed E-state index contributed by atoms with van der Waals surface area (Å²) in [5.74, 6) is 3.72. The molecule has 0 bridgehead atoms. The fourth-order valence-electron chi connectivity index (χ4n) is 2.75.